The number of carboxylic acid groups (broad SMARTS) is 1. The molecule has 0 amide bonds. The predicted octanol–water partition coefficient (Wildman–Crippen LogP) is 2.51. The van der Waals surface area contributed by atoms with Crippen LogP contribution in [0.2, 0.25) is 0 Å². The molecule has 1 N–H and O–H groups in total. The fourth-order valence-electron chi connectivity index (χ4n) is 2.20. The maximum atomic E-state index is 10.7. The molecule has 0 radical (unpaired) electrons. The van der Waals surface area contributed by atoms with Gasteiger partial charge in [-0.25, -0.2) is 4.68 Å². The molecular weight excluding hydrogens is 256 g/mol. The van der Waals surface area contributed by atoms with Crippen LogP contribution in [0.4, 0.5) is 0 Å². The van der Waals surface area contributed by atoms with E-state index in [0.717, 1.165) is 22.5 Å². The van der Waals surface area contributed by atoms with Gasteiger partial charge < -0.3 is 9.84 Å². The van der Waals surface area contributed by atoms with E-state index in [9.17, 15) is 4.79 Å². The van der Waals surface area contributed by atoms with Crippen molar-refractivity contribution in [3.63, 3.8) is 0 Å². The Labute approximate surface area is 117 Å². The van der Waals surface area contributed by atoms with Crippen LogP contribution in [0, 0.1) is 13.8 Å². The molecule has 1 heterocycles. The quantitative estimate of drug-likeness (QED) is 0.910. The molecule has 5 heteroatoms. The highest BCUT2D eigenvalue weighted by atomic mass is 16.5. The lowest BCUT2D eigenvalue weighted by molar-refractivity contribution is -0.136. The summed E-state index contributed by atoms with van der Waals surface area (Å²) in [4.78, 5) is 10.7. The van der Waals surface area contributed by atoms with Crippen molar-refractivity contribution in [1.29, 1.82) is 0 Å². The second-order valence-corrected chi connectivity index (χ2v) is 4.72. The monoisotopic (exact) mass is 274 g/mol. The highest BCUT2D eigenvalue weighted by Crippen LogP contribution is 2.27. The van der Waals surface area contributed by atoms with Gasteiger partial charge in [0.1, 0.15) is 0 Å². The molecule has 20 heavy (non-hydrogen) atoms. The van der Waals surface area contributed by atoms with Crippen molar-refractivity contribution >= 4 is 5.97 Å². The number of ether oxygens (including phenoxy) is 1. The molecule has 0 saturated heterocycles. The summed E-state index contributed by atoms with van der Waals surface area (Å²) < 4.78 is 7.15. The average Bonchev–Trinajstić information content (AvgIpc) is 2.72. The van der Waals surface area contributed by atoms with Gasteiger partial charge in [-0.15, -0.1) is 0 Å². The molecule has 0 fully saturated rings. The van der Waals surface area contributed by atoms with E-state index in [1.165, 1.54) is 0 Å². The highest BCUT2D eigenvalue weighted by Gasteiger charge is 2.17. The summed E-state index contributed by atoms with van der Waals surface area (Å²) in [5, 5.41) is 13.3. The minimum Gasteiger partial charge on any atom is -0.481 e. The number of hydrogen-bond donors (Lipinski definition) is 1. The van der Waals surface area contributed by atoms with Crippen molar-refractivity contribution in [3.8, 4) is 11.6 Å². The van der Waals surface area contributed by atoms with E-state index in [1.807, 2.05) is 38.1 Å². The van der Waals surface area contributed by atoms with Crippen LogP contribution < -0.4 is 4.74 Å². The Morgan fingerprint density at radius 3 is 2.75 bits per heavy atom. The van der Waals surface area contributed by atoms with Crippen molar-refractivity contribution in [1.82, 2.24) is 9.78 Å². The number of hydrogen-bond acceptors (Lipinski definition) is 3. The van der Waals surface area contributed by atoms with Gasteiger partial charge in [0.15, 0.2) is 0 Å². The zero-order valence-corrected chi connectivity index (χ0v) is 11.9. The minimum absolute atomic E-state index is 0.0662. The first-order chi connectivity index (χ1) is 9.52. The Balaban J connectivity index is 2.44. The lowest BCUT2D eigenvalue weighted by Crippen LogP contribution is -2.02. The molecule has 0 aliphatic carbocycles. The summed E-state index contributed by atoms with van der Waals surface area (Å²) in [6.45, 7) is 3.88. The second kappa shape index (κ2) is 5.77. The molecule has 5 nitrogen and oxygen atoms in total. The molecule has 1 aromatic heterocycles. The van der Waals surface area contributed by atoms with Crippen LogP contribution in [0.15, 0.2) is 24.3 Å². The first-order valence-electron chi connectivity index (χ1n) is 6.44. The normalized spacial score (nSPS) is 10.6. The fourth-order valence-corrected chi connectivity index (χ4v) is 2.20. The largest absolute Gasteiger partial charge is 0.481 e. The van der Waals surface area contributed by atoms with Crippen LogP contribution in [0.3, 0.4) is 0 Å². The van der Waals surface area contributed by atoms with Crippen LogP contribution in [-0.2, 0) is 11.2 Å². The van der Waals surface area contributed by atoms with Gasteiger partial charge in [-0.3, -0.25) is 4.79 Å². The SMILES string of the molecule is COc1c(CCC(=O)O)c(C)nn1-c1cccc(C)c1. The number of nitrogens with zero attached hydrogens (tertiary/aromatic N) is 2. The maximum absolute atomic E-state index is 10.7. The minimum atomic E-state index is -0.824. The van der Waals surface area contributed by atoms with Crippen LogP contribution >= 0.6 is 0 Å². The molecule has 106 valence electrons. The Bertz CT molecular complexity index is 632. The van der Waals surface area contributed by atoms with Crippen molar-refractivity contribution in [2.24, 2.45) is 0 Å². The predicted molar refractivity (Wildman–Crippen MR) is 75.5 cm³/mol. The first kappa shape index (κ1) is 14.1. The first-order valence-corrected chi connectivity index (χ1v) is 6.44. The Morgan fingerprint density at radius 1 is 1.40 bits per heavy atom. The van der Waals surface area contributed by atoms with E-state index < -0.39 is 5.97 Å². The zero-order chi connectivity index (χ0) is 14.7. The molecule has 0 unspecified atom stereocenters. The van der Waals surface area contributed by atoms with E-state index in [1.54, 1.807) is 11.8 Å². The lowest BCUT2D eigenvalue weighted by atomic mass is 10.1. The molecular formula is C15H18N2O3. The molecule has 0 atom stereocenters. The number of aromatic nitrogens is 2. The Hall–Kier alpha value is -2.30. The van der Waals surface area contributed by atoms with Gasteiger partial charge in [0, 0.05) is 12.0 Å². The van der Waals surface area contributed by atoms with Crippen molar-refractivity contribution in [2.45, 2.75) is 26.7 Å². The van der Waals surface area contributed by atoms with Gasteiger partial charge in [0.2, 0.25) is 5.88 Å². The van der Waals surface area contributed by atoms with Crippen LogP contribution in [0.25, 0.3) is 5.69 Å². The summed E-state index contributed by atoms with van der Waals surface area (Å²) >= 11 is 0. The summed E-state index contributed by atoms with van der Waals surface area (Å²) in [5.74, 6) is -0.218. The Kier molecular flexibility index (Phi) is 4.08. The zero-order valence-electron chi connectivity index (χ0n) is 11.9. The molecule has 0 aliphatic heterocycles. The summed E-state index contributed by atoms with van der Waals surface area (Å²) in [6, 6.07) is 7.93. The third-order valence-electron chi connectivity index (χ3n) is 3.17. The highest BCUT2D eigenvalue weighted by molar-refractivity contribution is 5.67. The van der Waals surface area contributed by atoms with Crippen molar-refractivity contribution in [3.05, 3.63) is 41.1 Å². The van der Waals surface area contributed by atoms with Crippen LogP contribution in [-0.4, -0.2) is 28.0 Å². The molecule has 2 aromatic rings. The van der Waals surface area contributed by atoms with E-state index in [2.05, 4.69) is 5.10 Å². The van der Waals surface area contributed by atoms with Gasteiger partial charge in [0.25, 0.3) is 0 Å². The van der Waals surface area contributed by atoms with Gasteiger partial charge in [0.05, 0.1) is 18.5 Å². The van der Waals surface area contributed by atoms with E-state index in [4.69, 9.17) is 9.84 Å². The van der Waals surface area contributed by atoms with Gasteiger partial charge in [-0.2, -0.15) is 5.10 Å². The third-order valence-corrected chi connectivity index (χ3v) is 3.17. The molecule has 0 bridgehead atoms. The van der Waals surface area contributed by atoms with Crippen LogP contribution in [0.1, 0.15) is 23.2 Å². The van der Waals surface area contributed by atoms with E-state index in [0.29, 0.717) is 12.3 Å². The van der Waals surface area contributed by atoms with Crippen molar-refractivity contribution < 1.29 is 14.6 Å². The number of benzene rings is 1. The number of aryl methyl sites for hydroxylation is 2. The smallest absolute Gasteiger partial charge is 0.303 e. The molecule has 0 aliphatic rings. The number of rotatable bonds is 5. The second-order valence-electron chi connectivity index (χ2n) is 4.72. The van der Waals surface area contributed by atoms with Gasteiger partial charge in [-0.1, -0.05) is 12.1 Å². The summed E-state index contributed by atoms with van der Waals surface area (Å²) in [7, 11) is 1.58. The van der Waals surface area contributed by atoms with E-state index >= 15 is 0 Å². The topological polar surface area (TPSA) is 64.3 Å². The number of aliphatic carboxylic acids is 1. The van der Waals surface area contributed by atoms with E-state index in [-0.39, 0.29) is 6.42 Å². The maximum Gasteiger partial charge on any atom is 0.303 e. The number of carbonyl (C=O) groups is 1. The molecule has 2 rings (SSSR count). The lowest BCUT2D eigenvalue weighted by Gasteiger charge is -2.08. The van der Waals surface area contributed by atoms with Crippen molar-refractivity contribution in [2.75, 3.05) is 7.11 Å². The van der Waals surface area contributed by atoms with Gasteiger partial charge >= 0.3 is 5.97 Å². The summed E-state index contributed by atoms with van der Waals surface area (Å²) in [6.07, 6.45) is 0.479. The van der Waals surface area contributed by atoms with Crippen LogP contribution in [0.5, 0.6) is 5.88 Å². The number of carboxylic acids is 1. The standard InChI is InChI=1S/C15H18N2O3/c1-10-5-4-6-12(9-10)17-15(20-3)13(11(2)16-17)7-8-14(18)19/h4-6,9H,7-8H2,1-3H3,(H,18,19). The third kappa shape index (κ3) is 2.82. The summed E-state index contributed by atoms with van der Waals surface area (Å²) in [5.41, 5.74) is 3.68. The molecule has 0 spiro atoms. The molecule has 1 aromatic carbocycles. The van der Waals surface area contributed by atoms with Gasteiger partial charge in [-0.05, 0) is 38.0 Å². The number of methoxy groups -OCH3 is 1. The molecule has 0 saturated carbocycles. The Morgan fingerprint density at radius 2 is 2.15 bits per heavy atom. The average molecular weight is 274 g/mol. The fraction of sp³-hybridized carbons (Fsp3) is 0.333.